The number of amides is 1. The van der Waals surface area contributed by atoms with Crippen LogP contribution in [0.15, 0.2) is 0 Å². The lowest BCUT2D eigenvalue weighted by Crippen LogP contribution is -2.48. The lowest BCUT2D eigenvalue weighted by molar-refractivity contribution is -0.884. The van der Waals surface area contributed by atoms with Crippen LogP contribution in [0.1, 0.15) is 61.3 Å². The molecule has 1 heterocycles. The maximum Gasteiger partial charge on any atom is 0.222 e. The number of rotatable bonds is 7. The molecule has 0 aromatic heterocycles. The third kappa shape index (κ3) is 22.8. The summed E-state index contributed by atoms with van der Waals surface area (Å²) < 4.78 is 1.61. The van der Waals surface area contributed by atoms with Gasteiger partial charge in [0.25, 0.3) is 0 Å². The maximum atomic E-state index is 10.7. The summed E-state index contributed by atoms with van der Waals surface area (Å²) >= 11 is 0. The predicted octanol–water partition coefficient (Wildman–Crippen LogP) is 2.23. The van der Waals surface area contributed by atoms with Crippen LogP contribution in [0.25, 0.3) is 0 Å². The summed E-state index contributed by atoms with van der Waals surface area (Å²) in [6.07, 6.45) is 4.12. The van der Waals surface area contributed by atoms with Crippen LogP contribution in [0.4, 0.5) is 0 Å². The first-order valence-electron chi connectivity index (χ1n) is 9.48. The molecule has 0 bridgehead atoms. The first-order valence-corrected chi connectivity index (χ1v) is 9.48. The van der Waals surface area contributed by atoms with E-state index in [2.05, 4.69) is 28.1 Å². The molecule has 0 N–H and O–H groups in total. The smallest absolute Gasteiger partial charge is 0.222 e. The molecule has 0 unspecified atom stereocenters. The highest BCUT2D eigenvalue weighted by Crippen LogP contribution is 2.07. The second-order valence-electron chi connectivity index (χ2n) is 8.28. The quantitative estimate of drug-likeness (QED) is 0.624. The third-order valence-corrected chi connectivity index (χ3v) is 3.83. The summed E-state index contributed by atoms with van der Waals surface area (Å²) in [5.74, 6) is -0.647. The van der Waals surface area contributed by atoms with Crippen LogP contribution in [0, 0.1) is 0 Å². The highest BCUT2D eigenvalue weighted by molar-refractivity contribution is 5.77. The van der Waals surface area contributed by atoms with Gasteiger partial charge < -0.3 is 23.8 Å². The average Bonchev–Trinajstić information content (AvgIpc) is 2.82. The fourth-order valence-electron chi connectivity index (χ4n) is 2.74. The van der Waals surface area contributed by atoms with Crippen LogP contribution in [0.2, 0.25) is 0 Å². The van der Waals surface area contributed by atoms with E-state index >= 15 is 0 Å². The second kappa shape index (κ2) is 17.0. The number of quaternary nitrogens is 2. The van der Waals surface area contributed by atoms with Gasteiger partial charge in [0.2, 0.25) is 5.91 Å². The molecule has 0 spiro atoms. The van der Waals surface area contributed by atoms with Gasteiger partial charge >= 0.3 is 0 Å². The Bertz CT molecular complexity index is 377. The Morgan fingerprint density at radius 3 is 1.67 bits per heavy atom. The normalized spacial score (nSPS) is 13.3. The molecule has 0 aromatic carbocycles. The molecule has 1 aliphatic heterocycles. The number of nitrogens with zero attached hydrogens (tertiary/aromatic N) is 3. The predicted molar refractivity (Wildman–Crippen MR) is 115 cm³/mol. The molecule has 0 aromatic rings. The second-order valence-corrected chi connectivity index (χ2v) is 8.28. The molecule has 6 nitrogen and oxygen atoms in total. The van der Waals surface area contributed by atoms with Crippen LogP contribution in [-0.2, 0) is 9.59 Å². The van der Waals surface area contributed by atoms with Crippen LogP contribution < -0.4 is 5.11 Å². The Morgan fingerprint density at radius 2 is 1.48 bits per heavy atom. The minimum atomic E-state index is -0.974. The SMILES string of the molecule is C.C.CCC[N+](C)(C)C.CCC[N+](C)(C)CC(=O)[O-].CCN1CCCC1=O. The average molecular weight is 393 g/mol. The number of hydrogen-bond donors (Lipinski definition) is 0. The van der Waals surface area contributed by atoms with Crippen molar-refractivity contribution in [2.24, 2.45) is 0 Å². The van der Waals surface area contributed by atoms with Crippen molar-refractivity contribution in [3.05, 3.63) is 0 Å². The van der Waals surface area contributed by atoms with Crippen molar-refractivity contribution in [2.45, 2.75) is 61.3 Å². The van der Waals surface area contributed by atoms with E-state index in [-0.39, 0.29) is 21.4 Å². The number of aliphatic carboxylic acids is 1. The van der Waals surface area contributed by atoms with Gasteiger partial charge in [0.05, 0.1) is 54.3 Å². The van der Waals surface area contributed by atoms with Crippen molar-refractivity contribution in [1.29, 1.82) is 0 Å². The van der Waals surface area contributed by atoms with Crippen LogP contribution in [0.5, 0.6) is 0 Å². The molecule has 1 aliphatic rings. The van der Waals surface area contributed by atoms with Crippen LogP contribution in [0.3, 0.4) is 0 Å². The summed E-state index contributed by atoms with van der Waals surface area (Å²) in [7, 11) is 10.4. The van der Waals surface area contributed by atoms with E-state index in [0.717, 1.165) is 43.4 Å². The zero-order valence-corrected chi connectivity index (χ0v) is 17.9. The summed E-state index contributed by atoms with van der Waals surface area (Å²) in [5.41, 5.74) is 0. The van der Waals surface area contributed by atoms with Crippen molar-refractivity contribution in [1.82, 2.24) is 4.90 Å². The highest BCUT2D eigenvalue weighted by atomic mass is 16.4. The monoisotopic (exact) mass is 392 g/mol. The summed E-state index contributed by atoms with van der Waals surface area (Å²) in [6.45, 7) is 10.4. The lowest BCUT2D eigenvalue weighted by atomic mass is 10.4. The molecule has 0 saturated carbocycles. The minimum Gasteiger partial charge on any atom is -0.544 e. The van der Waals surface area contributed by atoms with Gasteiger partial charge in [-0.05, 0) is 26.2 Å². The van der Waals surface area contributed by atoms with E-state index in [4.69, 9.17) is 0 Å². The van der Waals surface area contributed by atoms with E-state index in [1.807, 2.05) is 32.8 Å². The number of carboxylic acids is 1. The molecule has 1 fully saturated rings. The van der Waals surface area contributed by atoms with Crippen LogP contribution >= 0.6 is 0 Å². The van der Waals surface area contributed by atoms with Gasteiger partial charge in [0, 0.05) is 19.5 Å². The van der Waals surface area contributed by atoms with Crippen molar-refractivity contribution in [2.75, 3.05) is 68.0 Å². The first-order chi connectivity index (χ1) is 11.4. The Labute approximate surface area is 170 Å². The zero-order chi connectivity index (χ0) is 20.1. The molecule has 0 aliphatic carbocycles. The molecule has 6 heteroatoms. The number of carbonyl (C=O) groups excluding carboxylic acids is 2. The highest BCUT2D eigenvalue weighted by Gasteiger charge is 2.17. The molecule has 27 heavy (non-hydrogen) atoms. The number of likely N-dealkylation sites (tertiary alicyclic amines) is 1. The Morgan fingerprint density at radius 1 is 1.00 bits per heavy atom. The molecule has 0 radical (unpaired) electrons. The van der Waals surface area contributed by atoms with Crippen molar-refractivity contribution in [3.63, 3.8) is 0 Å². The zero-order valence-electron chi connectivity index (χ0n) is 17.9. The lowest BCUT2D eigenvalue weighted by Gasteiger charge is -2.29. The Hall–Kier alpha value is -1.14. The van der Waals surface area contributed by atoms with E-state index < -0.39 is 5.97 Å². The maximum absolute atomic E-state index is 10.7. The van der Waals surface area contributed by atoms with Crippen molar-refractivity contribution < 1.29 is 23.7 Å². The number of carboxylic acid groups (broad SMARTS) is 1. The van der Waals surface area contributed by atoms with E-state index in [1.54, 1.807) is 0 Å². The van der Waals surface area contributed by atoms with Gasteiger partial charge in [0.1, 0.15) is 6.54 Å². The van der Waals surface area contributed by atoms with Crippen molar-refractivity contribution >= 4 is 11.9 Å². The number of likely N-dealkylation sites (N-methyl/N-ethyl adjacent to an activating group) is 1. The van der Waals surface area contributed by atoms with Gasteiger partial charge in [-0.1, -0.05) is 28.7 Å². The molecule has 1 amide bonds. The van der Waals surface area contributed by atoms with Gasteiger partial charge in [0.15, 0.2) is 0 Å². The number of carbonyl (C=O) groups is 2. The van der Waals surface area contributed by atoms with E-state index in [1.165, 1.54) is 13.0 Å². The Balaban J connectivity index is -0.000000144. The molecule has 0 atom stereocenters. The van der Waals surface area contributed by atoms with Gasteiger partial charge in [-0.15, -0.1) is 0 Å². The first kappa shape index (κ1) is 33.4. The third-order valence-electron chi connectivity index (χ3n) is 3.83. The summed E-state index contributed by atoms with van der Waals surface area (Å²) in [5, 5.41) is 10.2. The summed E-state index contributed by atoms with van der Waals surface area (Å²) in [4.78, 5) is 22.8. The fraction of sp³-hybridized carbons (Fsp3) is 0.905. The fourth-order valence-corrected chi connectivity index (χ4v) is 2.74. The summed E-state index contributed by atoms with van der Waals surface area (Å²) in [6, 6.07) is 0. The largest absolute Gasteiger partial charge is 0.544 e. The van der Waals surface area contributed by atoms with Gasteiger partial charge in [-0.3, -0.25) is 4.79 Å². The van der Waals surface area contributed by atoms with Gasteiger partial charge in [-0.2, -0.15) is 0 Å². The van der Waals surface area contributed by atoms with E-state index in [0.29, 0.717) is 10.4 Å². The van der Waals surface area contributed by atoms with Gasteiger partial charge in [-0.25, -0.2) is 0 Å². The minimum absolute atomic E-state index is 0. The molecular weight excluding hydrogens is 342 g/mol. The van der Waals surface area contributed by atoms with Crippen LogP contribution in [-0.4, -0.2) is 93.7 Å². The standard InChI is InChI=1S/C7H15NO2.C6H11NO.C6H16N.2CH4/c1-4-5-8(2,3)6-7(9)10;1-2-7-5-3-4-6(7)8;1-5-6-7(2,3)4;;/h4-6H2,1-3H3;2-5H2,1H3;5-6H2,1-4H3;2*1H4/q;;+1;;. The molecule has 1 saturated heterocycles. The molecular formula is C21H50N3O3+. The van der Waals surface area contributed by atoms with Crippen molar-refractivity contribution in [3.8, 4) is 0 Å². The number of hydrogen-bond acceptors (Lipinski definition) is 3. The Kier molecular flexibility index (Phi) is 21.0. The topological polar surface area (TPSA) is 60.4 Å². The molecule has 166 valence electrons. The van der Waals surface area contributed by atoms with E-state index in [9.17, 15) is 14.7 Å². The molecule has 1 rings (SSSR count).